The minimum atomic E-state index is -3.74. The van der Waals surface area contributed by atoms with Gasteiger partial charge >= 0.3 is 0 Å². The summed E-state index contributed by atoms with van der Waals surface area (Å²) in [4.78, 5) is 4.12. The summed E-state index contributed by atoms with van der Waals surface area (Å²) < 4.78 is 30.4. The van der Waals surface area contributed by atoms with E-state index in [4.69, 9.17) is 15.4 Å². The van der Waals surface area contributed by atoms with Gasteiger partial charge < -0.3 is 9.30 Å². The van der Waals surface area contributed by atoms with Crippen LogP contribution in [0.3, 0.4) is 0 Å². The zero-order valence-corrected chi connectivity index (χ0v) is 13.0. The molecule has 20 heavy (non-hydrogen) atoms. The zero-order valence-electron chi connectivity index (χ0n) is 11.4. The van der Waals surface area contributed by atoms with Crippen LogP contribution in [0, 0.1) is 13.8 Å². The summed E-state index contributed by atoms with van der Waals surface area (Å²) in [6, 6.07) is 3.21. The Morgan fingerprint density at radius 1 is 1.30 bits per heavy atom. The Hall–Kier alpha value is -1.53. The molecular formula is C13H15ClN2O3S. The number of nitrogens with zero attached hydrogens (tertiary/aromatic N) is 2. The van der Waals surface area contributed by atoms with E-state index in [-0.39, 0.29) is 4.90 Å². The number of hydrogen-bond acceptors (Lipinski definition) is 4. The van der Waals surface area contributed by atoms with Crippen molar-refractivity contribution in [2.45, 2.75) is 25.3 Å². The highest BCUT2D eigenvalue weighted by molar-refractivity contribution is 8.13. The van der Waals surface area contributed by atoms with Gasteiger partial charge in [0.05, 0.1) is 23.1 Å². The molecular weight excluding hydrogens is 300 g/mol. The van der Waals surface area contributed by atoms with E-state index in [1.165, 1.54) is 6.07 Å². The highest BCUT2D eigenvalue weighted by Gasteiger charge is 2.16. The van der Waals surface area contributed by atoms with Gasteiger partial charge in [-0.15, -0.1) is 0 Å². The molecule has 0 N–H and O–H groups in total. The first-order chi connectivity index (χ1) is 9.29. The van der Waals surface area contributed by atoms with Gasteiger partial charge in [0, 0.05) is 17.7 Å². The highest BCUT2D eigenvalue weighted by Crippen LogP contribution is 2.28. The van der Waals surface area contributed by atoms with E-state index >= 15 is 0 Å². The lowest BCUT2D eigenvalue weighted by Crippen LogP contribution is -2.03. The average molecular weight is 315 g/mol. The smallest absolute Gasteiger partial charge is 0.261 e. The number of ether oxygens (including phenoxy) is 1. The number of rotatable bonds is 4. The number of halogens is 1. The standard InChI is InChI=1S/C13H15ClN2O3S/c1-9-5-13(20(14,17)18)10(2)4-12(9)19-7-11-6-15-8-16(11)3/h4-6,8H,7H2,1-3H3. The first-order valence-electron chi connectivity index (χ1n) is 5.93. The van der Waals surface area contributed by atoms with Crippen LogP contribution >= 0.6 is 10.7 Å². The Kier molecular flexibility index (Phi) is 4.06. The molecule has 0 spiro atoms. The van der Waals surface area contributed by atoms with Crippen molar-refractivity contribution in [3.05, 3.63) is 41.5 Å². The summed E-state index contributed by atoms with van der Waals surface area (Å²) in [7, 11) is 3.53. The maximum atomic E-state index is 11.4. The Morgan fingerprint density at radius 2 is 2.00 bits per heavy atom. The molecule has 1 aromatic carbocycles. The molecule has 108 valence electrons. The normalized spacial score (nSPS) is 11.6. The van der Waals surface area contributed by atoms with Crippen molar-refractivity contribution >= 4 is 19.7 Å². The van der Waals surface area contributed by atoms with Gasteiger partial charge in [-0.25, -0.2) is 13.4 Å². The maximum absolute atomic E-state index is 11.4. The van der Waals surface area contributed by atoms with Crippen LogP contribution in [0.25, 0.3) is 0 Å². The summed E-state index contributed by atoms with van der Waals surface area (Å²) in [5, 5.41) is 0. The van der Waals surface area contributed by atoms with Crippen molar-refractivity contribution in [1.29, 1.82) is 0 Å². The largest absolute Gasteiger partial charge is 0.487 e. The lowest BCUT2D eigenvalue weighted by atomic mass is 10.1. The quantitative estimate of drug-likeness (QED) is 0.814. The first-order valence-corrected chi connectivity index (χ1v) is 8.24. The third-order valence-corrected chi connectivity index (χ3v) is 4.49. The summed E-state index contributed by atoms with van der Waals surface area (Å²) >= 11 is 0. The summed E-state index contributed by atoms with van der Waals surface area (Å²) in [6.45, 7) is 3.83. The highest BCUT2D eigenvalue weighted by atomic mass is 35.7. The SMILES string of the molecule is Cc1cc(S(=O)(=O)Cl)c(C)cc1OCc1cncn1C. The molecule has 0 saturated heterocycles. The van der Waals surface area contributed by atoms with Crippen LogP contribution in [-0.2, 0) is 22.7 Å². The second-order valence-corrected chi connectivity index (χ2v) is 7.14. The van der Waals surface area contributed by atoms with E-state index < -0.39 is 9.05 Å². The number of aryl methyl sites for hydroxylation is 3. The zero-order chi connectivity index (χ0) is 14.9. The predicted octanol–water partition coefficient (Wildman–Crippen LogP) is 2.54. The molecule has 0 aliphatic rings. The van der Waals surface area contributed by atoms with Gasteiger partial charge in [-0.05, 0) is 37.1 Å². The van der Waals surface area contributed by atoms with E-state index in [0.29, 0.717) is 17.9 Å². The van der Waals surface area contributed by atoms with Gasteiger partial charge in [0.1, 0.15) is 12.4 Å². The Morgan fingerprint density at radius 3 is 2.55 bits per heavy atom. The van der Waals surface area contributed by atoms with Crippen LogP contribution in [0.15, 0.2) is 29.6 Å². The third-order valence-electron chi connectivity index (χ3n) is 3.03. The number of benzene rings is 1. The second kappa shape index (κ2) is 5.46. The summed E-state index contributed by atoms with van der Waals surface area (Å²) in [5.41, 5.74) is 2.21. The fourth-order valence-corrected chi connectivity index (χ4v) is 3.12. The molecule has 1 heterocycles. The number of aromatic nitrogens is 2. The second-order valence-electron chi connectivity index (χ2n) is 4.61. The third kappa shape index (κ3) is 3.13. The molecule has 0 aliphatic heterocycles. The summed E-state index contributed by atoms with van der Waals surface area (Å²) in [6.07, 6.45) is 3.42. The van der Waals surface area contributed by atoms with Crippen LogP contribution in [0.5, 0.6) is 5.75 Å². The molecule has 2 aromatic rings. The molecule has 2 rings (SSSR count). The van der Waals surface area contributed by atoms with E-state index in [2.05, 4.69) is 4.98 Å². The topological polar surface area (TPSA) is 61.2 Å². The fraction of sp³-hybridized carbons (Fsp3) is 0.308. The summed E-state index contributed by atoms with van der Waals surface area (Å²) in [5.74, 6) is 0.632. The van der Waals surface area contributed by atoms with Crippen molar-refractivity contribution < 1.29 is 13.2 Å². The fourth-order valence-electron chi connectivity index (χ4n) is 1.86. The van der Waals surface area contributed by atoms with Crippen LogP contribution in [-0.4, -0.2) is 18.0 Å². The van der Waals surface area contributed by atoms with Crippen molar-refractivity contribution in [3.8, 4) is 5.75 Å². The monoisotopic (exact) mass is 314 g/mol. The minimum absolute atomic E-state index is 0.115. The van der Waals surface area contributed by atoms with Crippen LogP contribution in [0.1, 0.15) is 16.8 Å². The van der Waals surface area contributed by atoms with E-state index in [9.17, 15) is 8.42 Å². The molecule has 0 amide bonds. The molecule has 0 bridgehead atoms. The van der Waals surface area contributed by atoms with Gasteiger partial charge in [0.25, 0.3) is 9.05 Å². The predicted molar refractivity (Wildman–Crippen MR) is 76.5 cm³/mol. The van der Waals surface area contributed by atoms with Gasteiger partial charge in [-0.3, -0.25) is 0 Å². The van der Waals surface area contributed by atoms with Gasteiger partial charge in [0.2, 0.25) is 0 Å². The molecule has 0 unspecified atom stereocenters. The molecule has 7 heteroatoms. The van der Waals surface area contributed by atoms with Crippen molar-refractivity contribution in [3.63, 3.8) is 0 Å². The van der Waals surface area contributed by atoms with Crippen LogP contribution in [0.2, 0.25) is 0 Å². The molecule has 0 aliphatic carbocycles. The Bertz CT molecular complexity index is 738. The van der Waals surface area contributed by atoms with Crippen LogP contribution in [0.4, 0.5) is 0 Å². The van der Waals surface area contributed by atoms with E-state index in [0.717, 1.165) is 11.3 Å². The average Bonchev–Trinajstić information content (AvgIpc) is 2.74. The molecule has 0 radical (unpaired) electrons. The first kappa shape index (κ1) is 14.9. The van der Waals surface area contributed by atoms with E-state index in [1.54, 1.807) is 32.4 Å². The van der Waals surface area contributed by atoms with Crippen LogP contribution < -0.4 is 4.74 Å². The molecule has 1 aromatic heterocycles. The number of imidazole rings is 1. The molecule has 5 nitrogen and oxygen atoms in total. The Balaban J connectivity index is 2.26. The lowest BCUT2D eigenvalue weighted by Gasteiger charge is -2.12. The Labute approximate surface area is 122 Å². The maximum Gasteiger partial charge on any atom is 0.261 e. The molecule has 0 atom stereocenters. The van der Waals surface area contributed by atoms with Gasteiger partial charge in [-0.1, -0.05) is 0 Å². The van der Waals surface area contributed by atoms with Crippen molar-refractivity contribution in [2.24, 2.45) is 7.05 Å². The lowest BCUT2D eigenvalue weighted by molar-refractivity contribution is 0.294. The van der Waals surface area contributed by atoms with Crippen molar-refractivity contribution in [2.75, 3.05) is 0 Å². The van der Waals surface area contributed by atoms with Gasteiger partial charge in [-0.2, -0.15) is 0 Å². The minimum Gasteiger partial charge on any atom is -0.487 e. The molecule has 0 saturated carbocycles. The van der Waals surface area contributed by atoms with Crippen molar-refractivity contribution in [1.82, 2.24) is 9.55 Å². The number of hydrogen-bond donors (Lipinski definition) is 0. The van der Waals surface area contributed by atoms with E-state index in [1.807, 2.05) is 11.6 Å². The van der Waals surface area contributed by atoms with Gasteiger partial charge in [0.15, 0.2) is 0 Å². The molecule has 0 fully saturated rings.